The van der Waals surface area contributed by atoms with Crippen LogP contribution in [0, 0.1) is 6.92 Å². The van der Waals surface area contributed by atoms with Gasteiger partial charge in [-0.05, 0) is 69.0 Å². The zero-order valence-electron chi connectivity index (χ0n) is 16.9. The molecule has 160 valence electrons. The van der Waals surface area contributed by atoms with Crippen molar-refractivity contribution in [1.29, 1.82) is 0 Å². The van der Waals surface area contributed by atoms with Crippen molar-refractivity contribution in [2.45, 2.75) is 43.2 Å². The lowest BCUT2D eigenvalue weighted by Gasteiger charge is -2.25. The van der Waals surface area contributed by atoms with Gasteiger partial charge in [-0.25, -0.2) is 4.98 Å². The number of benzene rings is 1. The number of halogens is 2. The predicted octanol–water partition coefficient (Wildman–Crippen LogP) is 5.02. The highest BCUT2D eigenvalue weighted by atomic mass is 79.9. The van der Waals surface area contributed by atoms with Gasteiger partial charge < -0.3 is 9.32 Å². The maximum atomic E-state index is 5.36. The first-order valence-electron chi connectivity index (χ1n) is 10.1. The number of nitrogens with one attached hydrogen (secondary N) is 1. The van der Waals surface area contributed by atoms with E-state index < -0.39 is 0 Å². The summed E-state index contributed by atoms with van der Waals surface area (Å²) in [4.78, 5) is 11.3. The highest BCUT2D eigenvalue weighted by Crippen LogP contribution is 2.46. The first-order valence-corrected chi connectivity index (χ1v) is 11.9. The summed E-state index contributed by atoms with van der Waals surface area (Å²) in [5.41, 5.74) is 4.33. The average Bonchev–Trinajstić information content (AvgIpc) is 3.48. The van der Waals surface area contributed by atoms with Crippen LogP contribution in [0.15, 0.2) is 38.6 Å². The molecular formula is C21H25BrClN5OS. The number of nitrogens with zero attached hydrogens (tertiary/aromatic N) is 4. The van der Waals surface area contributed by atoms with Crippen LogP contribution in [-0.4, -0.2) is 50.5 Å². The van der Waals surface area contributed by atoms with Gasteiger partial charge in [-0.15, -0.1) is 17.5 Å². The summed E-state index contributed by atoms with van der Waals surface area (Å²) < 4.78 is 6.56. The third-order valence-corrected chi connectivity index (χ3v) is 7.66. The molecule has 3 heterocycles. The molecule has 1 atom stereocenters. The Labute approximate surface area is 195 Å². The van der Waals surface area contributed by atoms with Crippen molar-refractivity contribution in [3.63, 3.8) is 0 Å². The van der Waals surface area contributed by atoms with Crippen molar-refractivity contribution in [2.75, 3.05) is 25.4 Å². The number of H-pyrrole nitrogens is 1. The Bertz CT molecular complexity index is 1020. The normalized spacial score (nSPS) is 20.6. The minimum absolute atomic E-state index is 0. The lowest BCUT2D eigenvalue weighted by Crippen LogP contribution is -2.29. The fourth-order valence-electron chi connectivity index (χ4n) is 4.75. The molecule has 30 heavy (non-hydrogen) atoms. The molecule has 2 aromatic heterocycles. The van der Waals surface area contributed by atoms with Gasteiger partial charge in [-0.1, -0.05) is 33.8 Å². The van der Waals surface area contributed by atoms with E-state index in [0.29, 0.717) is 17.0 Å². The standard InChI is InChI=1S/C21H24BrN5OS.ClH/c1-14-18(28-13-23-14)19-24-20(26-25-19)29-10-2-8-27-9-7-21(12-27)6-5-15-11-16(22)3-4-17(15)21;/h3-4,11,13H,2,5-10,12H2,1H3,(H,24,25,26);1H. The van der Waals surface area contributed by atoms with Crippen LogP contribution in [0.2, 0.25) is 0 Å². The number of fused-ring (bicyclic) bond motifs is 2. The maximum Gasteiger partial charge on any atom is 0.219 e. The number of aryl methyl sites for hydroxylation is 2. The van der Waals surface area contributed by atoms with Crippen LogP contribution in [0.1, 0.15) is 36.1 Å². The second kappa shape index (κ2) is 9.02. The van der Waals surface area contributed by atoms with Gasteiger partial charge in [0.05, 0.1) is 5.69 Å². The molecule has 3 aromatic rings. The van der Waals surface area contributed by atoms with Crippen molar-refractivity contribution < 1.29 is 4.42 Å². The summed E-state index contributed by atoms with van der Waals surface area (Å²) in [7, 11) is 0. The maximum absolute atomic E-state index is 5.36. The molecule has 1 aliphatic heterocycles. The van der Waals surface area contributed by atoms with Gasteiger partial charge in [-0.2, -0.15) is 4.98 Å². The zero-order chi connectivity index (χ0) is 19.8. The molecule has 2 aliphatic rings. The van der Waals surface area contributed by atoms with E-state index in [1.807, 2.05) is 6.92 Å². The van der Waals surface area contributed by atoms with E-state index in [2.05, 4.69) is 59.2 Å². The number of aromatic nitrogens is 4. The van der Waals surface area contributed by atoms with Crippen LogP contribution in [0.4, 0.5) is 0 Å². The summed E-state index contributed by atoms with van der Waals surface area (Å²) in [6.07, 6.45) is 6.38. The van der Waals surface area contributed by atoms with Gasteiger partial charge in [0.25, 0.3) is 0 Å². The van der Waals surface area contributed by atoms with Crippen LogP contribution in [0.5, 0.6) is 0 Å². The average molecular weight is 511 g/mol. The summed E-state index contributed by atoms with van der Waals surface area (Å²) in [5, 5.41) is 8.09. The third kappa shape index (κ3) is 4.20. The van der Waals surface area contributed by atoms with Gasteiger partial charge in [0.15, 0.2) is 17.3 Å². The topological polar surface area (TPSA) is 70.8 Å². The van der Waals surface area contributed by atoms with Crippen molar-refractivity contribution in [3.05, 3.63) is 45.9 Å². The van der Waals surface area contributed by atoms with Crippen molar-refractivity contribution in [2.24, 2.45) is 0 Å². The second-order valence-electron chi connectivity index (χ2n) is 8.04. The lowest BCUT2D eigenvalue weighted by atomic mass is 9.81. The van der Waals surface area contributed by atoms with Crippen LogP contribution >= 0.6 is 40.1 Å². The molecule has 1 spiro atoms. The molecular weight excluding hydrogens is 486 g/mol. The molecule has 0 saturated carbocycles. The number of hydrogen-bond acceptors (Lipinski definition) is 6. The van der Waals surface area contributed by atoms with Gasteiger partial charge in [0.1, 0.15) is 0 Å². The molecule has 0 bridgehead atoms. The largest absolute Gasteiger partial charge is 0.440 e. The van der Waals surface area contributed by atoms with E-state index in [-0.39, 0.29) is 12.4 Å². The predicted molar refractivity (Wildman–Crippen MR) is 124 cm³/mol. The molecule has 1 saturated heterocycles. The molecule has 0 amide bonds. The summed E-state index contributed by atoms with van der Waals surface area (Å²) in [6, 6.07) is 6.87. The van der Waals surface area contributed by atoms with E-state index in [1.54, 1.807) is 22.9 Å². The highest BCUT2D eigenvalue weighted by Gasteiger charge is 2.43. The quantitative estimate of drug-likeness (QED) is 0.371. The van der Waals surface area contributed by atoms with Crippen LogP contribution in [0.3, 0.4) is 0 Å². The van der Waals surface area contributed by atoms with E-state index in [4.69, 9.17) is 4.42 Å². The summed E-state index contributed by atoms with van der Waals surface area (Å²) in [6.45, 7) is 5.44. The molecule has 0 radical (unpaired) electrons. The molecule has 6 nitrogen and oxygen atoms in total. The monoisotopic (exact) mass is 509 g/mol. The first kappa shape index (κ1) is 21.9. The van der Waals surface area contributed by atoms with Gasteiger partial charge in [0.2, 0.25) is 5.82 Å². The van der Waals surface area contributed by atoms with Gasteiger partial charge in [-0.3, -0.25) is 5.10 Å². The molecule has 1 aliphatic carbocycles. The second-order valence-corrected chi connectivity index (χ2v) is 10.0. The number of rotatable bonds is 6. The van der Waals surface area contributed by atoms with Crippen LogP contribution in [-0.2, 0) is 11.8 Å². The summed E-state index contributed by atoms with van der Waals surface area (Å²) >= 11 is 5.34. The molecule has 9 heteroatoms. The minimum Gasteiger partial charge on any atom is -0.440 e. The molecule has 1 fully saturated rings. The fourth-order valence-corrected chi connectivity index (χ4v) is 5.89. The van der Waals surface area contributed by atoms with Crippen molar-refractivity contribution in [1.82, 2.24) is 25.1 Å². The molecule has 5 rings (SSSR count). The Morgan fingerprint density at radius 3 is 3.07 bits per heavy atom. The Kier molecular flexibility index (Phi) is 6.58. The van der Waals surface area contributed by atoms with Gasteiger partial charge in [0, 0.05) is 22.2 Å². The van der Waals surface area contributed by atoms with Crippen LogP contribution < -0.4 is 0 Å². The lowest BCUT2D eigenvalue weighted by molar-refractivity contribution is 0.310. The SMILES string of the molecule is Cc1ncoc1-c1n[nH]c(SCCCN2CCC3(CCc4cc(Br)ccc43)C2)n1.Cl. The smallest absolute Gasteiger partial charge is 0.219 e. The van der Waals surface area contributed by atoms with Crippen molar-refractivity contribution in [3.8, 4) is 11.6 Å². The minimum atomic E-state index is 0. The Morgan fingerprint density at radius 1 is 1.33 bits per heavy atom. The van der Waals surface area contributed by atoms with Gasteiger partial charge >= 0.3 is 0 Å². The fraction of sp³-hybridized carbons (Fsp3) is 0.476. The van der Waals surface area contributed by atoms with E-state index in [1.165, 1.54) is 43.2 Å². The van der Waals surface area contributed by atoms with Crippen molar-refractivity contribution >= 4 is 40.1 Å². The Morgan fingerprint density at radius 2 is 2.23 bits per heavy atom. The number of hydrogen-bond donors (Lipinski definition) is 1. The molecule has 1 unspecified atom stereocenters. The zero-order valence-corrected chi connectivity index (χ0v) is 20.1. The number of likely N-dealkylation sites (tertiary alicyclic amines) is 1. The Balaban J connectivity index is 0.00000218. The molecule has 1 aromatic carbocycles. The van der Waals surface area contributed by atoms with E-state index in [9.17, 15) is 0 Å². The van der Waals surface area contributed by atoms with Crippen LogP contribution in [0.25, 0.3) is 11.6 Å². The summed E-state index contributed by atoms with van der Waals surface area (Å²) in [5.74, 6) is 2.24. The number of oxazole rings is 1. The highest BCUT2D eigenvalue weighted by molar-refractivity contribution is 9.10. The van der Waals surface area contributed by atoms with E-state index in [0.717, 1.165) is 29.6 Å². The van der Waals surface area contributed by atoms with E-state index >= 15 is 0 Å². The third-order valence-electron chi connectivity index (χ3n) is 6.22. The number of aromatic amines is 1. The number of thioether (sulfide) groups is 1. The Hall–Kier alpha value is -1.35. The first-order chi connectivity index (χ1) is 14.1. The molecule has 1 N–H and O–H groups in total.